The lowest BCUT2D eigenvalue weighted by molar-refractivity contribution is 0.245. The van der Waals surface area contributed by atoms with Crippen LogP contribution in [0.5, 0.6) is 5.75 Å². The summed E-state index contributed by atoms with van der Waals surface area (Å²) in [6.07, 6.45) is 1.67. The lowest BCUT2D eigenvalue weighted by atomic mass is 10.3. The average Bonchev–Trinajstić information content (AvgIpc) is 2.45. The number of ether oxygens (including phenoxy) is 1. The van der Waals surface area contributed by atoms with Crippen molar-refractivity contribution in [1.29, 1.82) is 0 Å². The molecule has 2 N–H and O–H groups in total. The maximum atomic E-state index is 11.9. The summed E-state index contributed by atoms with van der Waals surface area (Å²) in [5, 5.41) is 2.45. The summed E-state index contributed by atoms with van der Waals surface area (Å²) in [6, 6.07) is 4.62. The highest BCUT2D eigenvalue weighted by atomic mass is 32.2. The van der Waals surface area contributed by atoms with E-state index in [2.05, 4.69) is 5.32 Å². The molecule has 0 aliphatic rings. The molecule has 0 radical (unpaired) electrons. The van der Waals surface area contributed by atoms with E-state index in [1.807, 2.05) is 11.6 Å². The lowest BCUT2D eigenvalue weighted by Gasteiger charge is -2.09. The topological polar surface area (TPSA) is 84.5 Å². The van der Waals surface area contributed by atoms with Crippen molar-refractivity contribution < 1.29 is 22.3 Å². The summed E-state index contributed by atoms with van der Waals surface area (Å²) in [5.74, 6) is 0.360. The quantitative estimate of drug-likeness (QED) is 0.716. The molecule has 1 aromatic rings. The monoisotopic (exact) mass is 318 g/mol. The zero-order valence-corrected chi connectivity index (χ0v) is 12.6. The second-order valence-corrected chi connectivity index (χ2v) is 5.91. The minimum atomic E-state index is -3.93. The number of amides is 2. The molecule has 0 saturated carbocycles. The van der Waals surface area contributed by atoms with Gasteiger partial charge in [0, 0.05) is 6.54 Å². The molecule has 0 saturated heterocycles. The zero-order valence-electron chi connectivity index (χ0n) is 11.8. The van der Waals surface area contributed by atoms with Crippen LogP contribution in [0.25, 0.3) is 0 Å². The number of carbonyl (C=O) groups is 1. The number of hydrogen-bond donors (Lipinski definition) is 2. The van der Waals surface area contributed by atoms with E-state index in [0.717, 1.165) is 12.8 Å². The van der Waals surface area contributed by atoms with Gasteiger partial charge in [-0.2, -0.15) is 0 Å². The van der Waals surface area contributed by atoms with Crippen LogP contribution in [-0.2, 0) is 10.0 Å². The highest BCUT2D eigenvalue weighted by molar-refractivity contribution is 7.90. The molecule has 6 nitrogen and oxygen atoms in total. The van der Waals surface area contributed by atoms with Gasteiger partial charge in [-0.25, -0.2) is 22.3 Å². The highest BCUT2D eigenvalue weighted by Crippen LogP contribution is 2.15. The van der Waals surface area contributed by atoms with E-state index in [1.165, 1.54) is 24.3 Å². The van der Waals surface area contributed by atoms with Gasteiger partial charge in [0.1, 0.15) is 19.0 Å². The van der Waals surface area contributed by atoms with E-state index < -0.39 is 22.7 Å². The number of halogens is 1. The van der Waals surface area contributed by atoms with Crippen molar-refractivity contribution in [3.05, 3.63) is 24.3 Å². The van der Waals surface area contributed by atoms with E-state index in [1.54, 1.807) is 0 Å². The van der Waals surface area contributed by atoms with Gasteiger partial charge in [-0.15, -0.1) is 0 Å². The molecule has 1 aromatic carbocycles. The third kappa shape index (κ3) is 5.99. The van der Waals surface area contributed by atoms with Crippen LogP contribution in [0.2, 0.25) is 0 Å². The first-order chi connectivity index (χ1) is 9.99. The number of benzene rings is 1. The van der Waals surface area contributed by atoms with Crippen molar-refractivity contribution in [3.8, 4) is 5.75 Å². The molecule has 1 rings (SSSR count). The van der Waals surface area contributed by atoms with Crippen LogP contribution in [0, 0.1) is 0 Å². The summed E-state index contributed by atoms with van der Waals surface area (Å²) >= 11 is 0. The van der Waals surface area contributed by atoms with Crippen LogP contribution < -0.4 is 14.8 Å². The minimum Gasteiger partial charge on any atom is -0.491 e. The summed E-state index contributed by atoms with van der Waals surface area (Å²) in [6.45, 7) is 1.65. The molecule has 0 atom stereocenters. The molecule has 21 heavy (non-hydrogen) atoms. The number of nitrogens with one attached hydrogen (secondary N) is 2. The second-order valence-electron chi connectivity index (χ2n) is 4.22. The van der Waals surface area contributed by atoms with E-state index in [0.29, 0.717) is 12.3 Å². The molecule has 0 bridgehead atoms. The SMILES string of the molecule is CCCCNC(=O)NS(=O)(=O)c1ccc(OCCF)cc1. The molecule has 0 aromatic heterocycles. The number of unbranched alkanes of at least 4 members (excludes halogenated alkanes) is 1. The molecule has 118 valence electrons. The van der Waals surface area contributed by atoms with Gasteiger partial charge in [0.05, 0.1) is 4.90 Å². The Morgan fingerprint density at radius 1 is 1.29 bits per heavy atom. The van der Waals surface area contributed by atoms with Crippen molar-refractivity contribution in [1.82, 2.24) is 10.0 Å². The fraction of sp³-hybridized carbons (Fsp3) is 0.462. The van der Waals surface area contributed by atoms with Crippen LogP contribution >= 0.6 is 0 Å². The number of rotatable bonds is 8. The van der Waals surface area contributed by atoms with Gasteiger partial charge in [0.25, 0.3) is 10.0 Å². The van der Waals surface area contributed by atoms with E-state index in [4.69, 9.17) is 4.74 Å². The first-order valence-corrected chi connectivity index (χ1v) is 8.07. The third-order valence-electron chi connectivity index (χ3n) is 2.52. The summed E-state index contributed by atoms with van der Waals surface area (Å²) < 4.78 is 42.7. The molecular formula is C13H19FN2O4S. The predicted molar refractivity (Wildman–Crippen MR) is 76.5 cm³/mol. The van der Waals surface area contributed by atoms with Crippen LogP contribution in [0.4, 0.5) is 9.18 Å². The lowest BCUT2D eigenvalue weighted by Crippen LogP contribution is -2.39. The smallest absolute Gasteiger partial charge is 0.328 e. The summed E-state index contributed by atoms with van der Waals surface area (Å²) in [4.78, 5) is 11.4. The van der Waals surface area contributed by atoms with Gasteiger partial charge in [-0.3, -0.25) is 0 Å². The first kappa shape index (κ1) is 17.2. The van der Waals surface area contributed by atoms with Gasteiger partial charge < -0.3 is 10.1 Å². The normalized spacial score (nSPS) is 11.0. The number of carbonyl (C=O) groups excluding carboxylic acids is 1. The number of hydrogen-bond acceptors (Lipinski definition) is 4. The maximum absolute atomic E-state index is 11.9. The van der Waals surface area contributed by atoms with Crippen molar-refractivity contribution in [3.63, 3.8) is 0 Å². The average molecular weight is 318 g/mol. The Morgan fingerprint density at radius 2 is 1.95 bits per heavy atom. The Labute approximate surface area is 123 Å². The highest BCUT2D eigenvalue weighted by Gasteiger charge is 2.17. The largest absolute Gasteiger partial charge is 0.491 e. The Bertz CT molecular complexity index is 546. The second kappa shape index (κ2) is 8.46. The maximum Gasteiger partial charge on any atom is 0.328 e. The van der Waals surface area contributed by atoms with Gasteiger partial charge >= 0.3 is 6.03 Å². The molecule has 2 amide bonds. The molecule has 0 aliphatic heterocycles. The molecule has 8 heteroatoms. The Morgan fingerprint density at radius 3 is 2.52 bits per heavy atom. The van der Waals surface area contributed by atoms with Crippen LogP contribution in [0.3, 0.4) is 0 Å². The van der Waals surface area contributed by atoms with Crippen LogP contribution in [-0.4, -0.2) is 34.3 Å². The molecule has 0 aliphatic carbocycles. The molecular weight excluding hydrogens is 299 g/mol. The fourth-order valence-electron chi connectivity index (χ4n) is 1.47. The number of alkyl halides is 1. The van der Waals surface area contributed by atoms with Gasteiger partial charge in [-0.1, -0.05) is 13.3 Å². The fourth-order valence-corrected chi connectivity index (χ4v) is 2.40. The first-order valence-electron chi connectivity index (χ1n) is 6.59. The number of sulfonamides is 1. The van der Waals surface area contributed by atoms with Crippen molar-refractivity contribution in [2.24, 2.45) is 0 Å². The van der Waals surface area contributed by atoms with Crippen molar-refractivity contribution in [2.75, 3.05) is 19.8 Å². The van der Waals surface area contributed by atoms with Crippen molar-refractivity contribution >= 4 is 16.1 Å². The standard InChI is InChI=1S/C13H19FN2O4S/c1-2-3-9-15-13(17)16-21(18,19)12-6-4-11(5-7-12)20-10-8-14/h4-7H,2-3,8-10H2,1H3,(H2,15,16,17). The minimum absolute atomic E-state index is 0.0688. The molecule has 0 heterocycles. The van der Waals surface area contributed by atoms with Gasteiger partial charge in [0.15, 0.2) is 0 Å². The van der Waals surface area contributed by atoms with E-state index in [9.17, 15) is 17.6 Å². The van der Waals surface area contributed by atoms with Gasteiger partial charge in [-0.05, 0) is 30.7 Å². The van der Waals surface area contributed by atoms with Crippen LogP contribution in [0.1, 0.15) is 19.8 Å². The van der Waals surface area contributed by atoms with E-state index >= 15 is 0 Å². The van der Waals surface area contributed by atoms with Gasteiger partial charge in [0.2, 0.25) is 0 Å². The molecule has 0 fully saturated rings. The molecule has 0 spiro atoms. The number of urea groups is 1. The van der Waals surface area contributed by atoms with Crippen LogP contribution in [0.15, 0.2) is 29.2 Å². The Balaban J connectivity index is 2.63. The third-order valence-corrected chi connectivity index (χ3v) is 3.87. The summed E-state index contributed by atoms with van der Waals surface area (Å²) in [5.41, 5.74) is 0. The predicted octanol–water partition coefficient (Wildman–Crippen LogP) is 1.82. The van der Waals surface area contributed by atoms with Crippen molar-refractivity contribution in [2.45, 2.75) is 24.7 Å². The Kier molecular flexibility index (Phi) is 6.93. The van der Waals surface area contributed by atoms with E-state index in [-0.39, 0.29) is 11.5 Å². The zero-order chi connectivity index (χ0) is 15.7. The Hall–Kier alpha value is -1.83. The summed E-state index contributed by atoms with van der Waals surface area (Å²) in [7, 11) is -3.93. The molecule has 0 unspecified atom stereocenters.